The molecule has 6 heteroatoms. The molecule has 0 aliphatic heterocycles. The van der Waals surface area contributed by atoms with Gasteiger partial charge in [-0.15, -0.1) is 11.3 Å². The molecule has 2 heterocycles. The highest BCUT2D eigenvalue weighted by atomic mass is 32.1. The van der Waals surface area contributed by atoms with Gasteiger partial charge in [-0.1, -0.05) is 13.8 Å². The fraction of sp³-hybridized carbons (Fsp3) is 0.538. The first-order valence-corrected chi connectivity index (χ1v) is 7.28. The summed E-state index contributed by atoms with van der Waals surface area (Å²) in [6.45, 7) is 4.05. The first-order chi connectivity index (χ1) is 9.11. The number of fused-ring (bicyclic) bond motifs is 1. The Morgan fingerprint density at radius 2 is 2.21 bits per heavy atom. The average molecular weight is 277 g/mol. The molecule has 19 heavy (non-hydrogen) atoms. The predicted molar refractivity (Wildman–Crippen MR) is 73.8 cm³/mol. The van der Waals surface area contributed by atoms with Crippen LogP contribution in [-0.2, 0) is 11.3 Å². The second-order valence-electron chi connectivity index (χ2n) is 5.20. The van der Waals surface area contributed by atoms with Crippen molar-refractivity contribution in [1.29, 1.82) is 0 Å². The van der Waals surface area contributed by atoms with Gasteiger partial charge in [0.2, 0.25) is 0 Å². The summed E-state index contributed by atoms with van der Waals surface area (Å²) in [5, 5.41) is 5.34. The van der Waals surface area contributed by atoms with Crippen molar-refractivity contribution in [1.82, 2.24) is 14.8 Å². The first kappa shape index (κ1) is 12.5. The third kappa shape index (κ3) is 2.10. The first-order valence-electron chi connectivity index (χ1n) is 6.47. The predicted octanol–water partition coefficient (Wildman–Crippen LogP) is 2.05. The summed E-state index contributed by atoms with van der Waals surface area (Å²) in [5.74, 6) is 0.700. The Morgan fingerprint density at radius 3 is 2.79 bits per heavy atom. The van der Waals surface area contributed by atoms with E-state index in [1.165, 1.54) is 16.0 Å². The zero-order valence-electron chi connectivity index (χ0n) is 10.9. The highest BCUT2D eigenvalue weighted by Crippen LogP contribution is 2.43. The molecule has 0 amide bonds. The van der Waals surface area contributed by atoms with E-state index in [9.17, 15) is 9.59 Å². The molecule has 2 aromatic heterocycles. The molecule has 0 atom stereocenters. The van der Waals surface area contributed by atoms with Gasteiger partial charge in [0, 0.05) is 5.92 Å². The highest BCUT2D eigenvalue weighted by molar-refractivity contribution is 7.18. The molecule has 0 radical (unpaired) electrons. The van der Waals surface area contributed by atoms with Gasteiger partial charge in [0.15, 0.2) is 0 Å². The van der Waals surface area contributed by atoms with Gasteiger partial charge in [-0.2, -0.15) is 5.10 Å². The number of hydrogen-bond donors (Lipinski definition) is 0. The van der Waals surface area contributed by atoms with Crippen LogP contribution >= 0.6 is 11.3 Å². The molecular formula is C13H15N3O2S. The molecule has 2 aromatic rings. The van der Waals surface area contributed by atoms with Crippen LogP contribution in [0.15, 0.2) is 4.79 Å². The van der Waals surface area contributed by atoms with Crippen LogP contribution in [0.5, 0.6) is 0 Å². The molecule has 0 saturated heterocycles. The number of carbonyl (C=O) groups is 1. The van der Waals surface area contributed by atoms with Gasteiger partial charge in [0.1, 0.15) is 23.0 Å². The molecule has 1 saturated carbocycles. The van der Waals surface area contributed by atoms with Gasteiger partial charge < -0.3 is 4.79 Å². The lowest BCUT2D eigenvalue weighted by molar-refractivity contribution is -0.108. The van der Waals surface area contributed by atoms with Crippen LogP contribution in [0.4, 0.5) is 0 Å². The van der Waals surface area contributed by atoms with Crippen molar-refractivity contribution in [2.24, 2.45) is 0 Å². The van der Waals surface area contributed by atoms with Crippen molar-refractivity contribution in [2.75, 3.05) is 0 Å². The van der Waals surface area contributed by atoms with Crippen LogP contribution in [0, 0.1) is 0 Å². The molecule has 100 valence electrons. The van der Waals surface area contributed by atoms with E-state index in [1.54, 1.807) is 0 Å². The average Bonchev–Trinajstić information content (AvgIpc) is 3.12. The number of aromatic nitrogens is 3. The Bertz CT molecular complexity index is 698. The van der Waals surface area contributed by atoms with Crippen LogP contribution in [-0.4, -0.2) is 21.1 Å². The molecule has 0 bridgehead atoms. The van der Waals surface area contributed by atoms with Crippen molar-refractivity contribution < 1.29 is 4.79 Å². The second-order valence-corrected chi connectivity index (χ2v) is 6.23. The van der Waals surface area contributed by atoms with Crippen LogP contribution in [0.25, 0.3) is 10.2 Å². The molecule has 3 rings (SSSR count). The van der Waals surface area contributed by atoms with Crippen molar-refractivity contribution in [3.63, 3.8) is 0 Å². The Labute approximate surface area is 114 Å². The maximum absolute atomic E-state index is 12.3. The number of thiazole rings is 1. The van der Waals surface area contributed by atoms with Crippen LogP contribution in [0.1, 0.15) is 49.2 Å². The summed E-state index contributed by atoms with van der Waals surface area (Å²) in [6, 6.07) is 0. The SMILES string of the molecule is CC(C)c1nn(CC=O)c(=O)c2sc(C3CC3)nc12. The van der Waals surface area contributed by atoms with E-state index in [4.69, 9.17) is 0 Å². The molecular weight excluding hydrogens is 262 g/mol. The topological polar surface area (TPSA) is 64.8 Å². The summed E-state index contributed by atoms with van der Waals surface area (Å²) in [4.78, 5) is 27.5. The quantitative estimate of drug-likeness (QED) is 0.802. The molecule has 0 unspecified atom stereocenters. The van der Waals surface area contributed by atoms with Crippen molar-refractivity contribution >= 4 is 27.8 Å². The summed E-state index contributed by atoms with van der Waals surface area (Å²) in [7, 11) is 0. The molecule has 1 aliphatic rings. The van der Waals surface area contributed by atoms with Gasteiger partial charge in [-0.05, 0) is 18.8 Å². The van der Waals surface area contributed by atoms with E-state index >= 15 is 0 Å². The number of rotatable bonds is 4. The Balaban J connectivity index is 2.28. The minimum Gasteiger partial charge on any atom is -0.301 e. The molecule has 0 N–H and O–H groups in total. The standard InChI is InChI=1S/C13H15N3O2S/c1-7(2)9-10-11(13(18)16(15-9)5-6-17)19-12(14-10)8-3-4-8/h6-8H,3-5H2,1-2H3. The number of carbonyl (C=O) groups excluding carboxylic acids is 1. The van der Waals surface area contributed by atoms with E-state index in [2.05, 4.69) is 10.1 Å². The van der Waals surface area contributed by atoms with Crippen LogP contribution in [0.2, 0.25) is 0 Å². The maximum atomic E-state index is 12.3. The van der Waals surface area contributed by atoms with Gasteiger partial charge in [-0.25, -0.2) is 9.67 Å². The third-order valence-electron chi connectivity index (χ3n) is 3.26. The fourth-order valence-electron chi connectivity index (χ4n) is 2.08. The summed E-state index contributed by atoms with van der Waals surface area (Å²) in [5.41, 5.74) is 1.34. The zero-order chi connectivity index (χ0) is 13.6. The van der Waals surface area contributed by atoms with Crippen LogP contribution in [0.3, 0.4) is 0 Å². The lowest BCUT2D eigenvalue weighted by Crippen LogP contribution is -2.25. The van der Waals surface area contributed by atoms with Gasteiger partial charge in [0.25, 0.3) is 5.56 Å². The maximum Gasteiger partial charge on any atom is 0.286 e. The smallest absolute Gasteiger partial charge is 0.286 e. The lowest BCUT2D eigenvalue weighted by Gasteiger charge is -2.07. The van der Waals surface area contributed by atoms with Crippen molar-refractivity contribution in [3.8, 4) is 0 Å². The van der Waals surface area contributed by atoms with E-state index < -0.39 is 0 Å². The number of nitrogens with zero attached hydrogens (tertiary/aromatic N) is 3. The largest absolute Gasteiger partial charge is 0.301 e. The fourth-order valence-corrected chi connectivity index (χ4v) is 3.27. The number of hydrogen-bond acceptors (Lipinski definition) is 5. The van der Waals surface area contributed by atoms with E-state index in [-0.39, 0.29) is 18.0 Å². The Morgan fingerprint density at radius 1 is 1.47 bits per heavy atom. The van der Waals surface area contributed by atoms with E-state index in [1.807, 2.05) is 13.8 Å². The molecule has 0 aromatic carbocycles. The normalized spacial score (nSPS) is 15.3. The minimum atomic E-state index is -0.198. The Hall–Kier alpha value is -1.56. The van der Waals surface area contributed by atoms with Crippen molar-refractivity contribution in [2.45, 2.75) is 45.1 Å². The van der Waals surface area contributed by atoms with Crippen LogP contribution < -0.4 is 5.56 Å². The summed E-state index contributed by atoms with van der Waals surface area (Å²) >= 11 is 1.47. The minimum absolute atomic E-state index is 0.00511. The lowest BCUT2D eigenvalue weighted by atomic mass is 10.1. The highest BCUT2D eigenvalue weighted by Gasteiger charge is 2.29. The van der Waals surface area contributed by atoms with Crippen molar-refractivity contribution in [3.05, 3.63) is 21.1 Å². The third-order valence-corrected chi connectivity index (χ3v) is 4.47. The molecule has 1 fully saturated rings. The molecule has 5 nitrogen and oxygen atoms in total. The van der Waals surface area contributed by atoms with Gasteiger partial charge >= 0.3 is 0 Å². The summed E-state index contributed by atoms with van der Waals surface area (Å²) in [6.07, 6.45) is 3.02. The Kier molecular flexibility index (Phi) is 2.97. The second kappa shape index (κ2) is 4.52. The zero-order valence-corrected chi connectivity index (χ0v) is 11.7. The van der Waals surface area contributed by atoms with E-state index in [0.29, 0.717) is 16.9 Å². The summed E-state index contributed by atoms with van der Waals surface area (Å²) < 4.78 is 1.89. The van der Waals surface area contributed by atoms with Gasteiger partial charge in [-0.3, -0.25) is 4.79 Å². The van der Waals surface area contributed by atoms with Gasteiger partial charge in [0.05, 0.1) is 10.7 Å². The number of aldehydes is 1. The monoisotopic (exact) mass is 277 g/mol. The molecule has 0 spiro atoms. The molecule has 1 aliphatic carbocycles. The van der Waals surface area contributed by atoms with E-state index in [0.717, 1.165) is 29.1 Å².